The second-order valence-corrected chi connectivity index (χ2v) is 6.12. The van der Waals surface area contributed by atoms with E-state index in [2.05, 4.69) is 16.7 Å². The van der Waals surface area contributed by atoms with Crippen LogP contribution in [0, 0.1) is 0 Å². The Morgan fingerprint density at radius 1 is 1.14 bits per heavy atom. The number of aryl methyl sites for hydroxylation is 2. The predicted molar refractivity (Wildman–Crippen MR) is 79.5 cm³/mol. The number of hydrogen-bond acceptors (Lipinski definition) is 2. The number of fused-ring (bicyclic) bond motifs is 1. The fourth-order valence-electron chi connectivity index (χ4n) is 3.29. The molecule has 3 rings (SSSR count). The van der Waals surface area contributed by atoms with Crippen molar-refractivity contribution in [2.75, 3.05) is 5.32 Å². The zero-order valence-electron chi connectivity index (χ0n) is 11.9. The molecule has 0 saturated heterocycles. The molecule has 5 heteroatoms. The molecular weight excluding hydrogens is 268 g/mol. The van der Waals surface area contributed by atoms with Crippen LogP contribution in [0.2, 0.25) is 0 Å². The fourth-order valence-corrected chi connectivity index (χ4v) is 3.29. The average Bonchev–Trinajstić information content (AvgIpc) is 2.82. The van der Waals surface area contributed by atoms with E-state index in [0.29, 0.717) is 0 Å². The Kier molecular flexibility index (Phi) is 3.57. The topological polar surface area (TPSA) is 78.4 Å². The lowest BCUT2D eigenvalue weighted by molar-refractivity contribution is -0.139. The van der Waals surface area contributed by atoms with E-state index in [-0.39, 0.29) is 12.5 Å². The van der Waals surface area contributed by atoms with Gasteiger partial charge >= 0.3 is 12.0 Å². The Morgan fingerprint density at radius 2 is 1.90 bits per heavy atom. The summed E-state index contributed by atoms with van der Waals surface area (Å²) in [6.45, 7) is 0. The maximum absolute atomic E-state index is 12.1. The highest BCUT2D eigenvalue weighted by Gasteiger charge is 2.40. The van der Waals surface area contributed by atoms with E-state index in [4.69, 9.17) is 5.11 Å². The van der Waals surface area contributed by atoms with Crippen LogP contribution in [0.15, 0.2) is 18.2 Å². The fraction of sp³-hybridized carbons (Fsp3) is 0.500. The molecule has 112 valence electrons. The number of carboxylic acid groups (broad SMARTS) is 1. The molecular formula is C16H20N2O3. The van der Waals surface area contributed by atoms with Gasteiger partial charge in [0.25, 0.3) is 0 Å². The van der Waals surface area contributed by atoms with Crippen LogP contribution in [0.4, 0.5) is 10.5 Å². The number of rotatable bonds is 4. The van der Waals surface area contributed by atoms with Gasteiger partial charge < -0.3 is 15.7 Å². The van der Waals surface area contributed by atoms with Gasteiger partial charge in [0, 0.05) is 5.69 Å². The van der Waals surface area contributed by atoms with Crippen molar-refractivity contribution in [2.24, 2.45) is 0 Å². The maximum atomic E-state index is 12.1. The number of amides is 2. The number of carbonyl (C=O) groups excluding carboxylic acids is 1. The van der Waals surface area contributed by atoms with Crippen molar-refractivity contribution < 1.29 is 14.7 Å². The van der Waals surface area contributed by atoms with Crippen LogP contribution in [-0.2, 0) is 17.6 Å². The number of urea groups is 1. The second-order valence-electron chi connectivity index (χ2n) is 6.12. The van der Waals surface area contributed by atoms with Crippen molar-refractivity contribution in [3.8, 4) is 0 Å². The molecule has 0 atom stereocenters. The molecule has 0 spiro atoms. The first-order chi connectivity index (χ1) is 10.1. The van der Waals surface area contributed by atoms with Crippen LogP contribution in [0.25, 0.3) is 0 Å². The van der Waals surface area contributed by atoms with Gasteiger partial charge in [-0.15, -0.1) is 0 Å². The van der Waals surface area contributed by atoms with Crippen LogP contribution in [0.5, 0.6) is 0 Å². The number of benzene rings is 1. The lowest BCUT2D eigenvalue weighted by Gasteiger charge is -2.41. The third-order valence-electron chi connectivity index (χ3n) is 4.54. The number of anilines is 1. The number of aliphatic carboxylic acids is 1. The summed E-state index contributed by atoms with van der Waals surface area (Å²) in [6.07, 6.45) is 5.77. The summed E-state index contributed by atoms with van der Waals surface area (Å²) >= 11 is 0. The van der Waals surface area contributed by atoms with Crippen molar-refractivity contribution in [1.82, 2.24) is 5.32 Å². The molecule has 2 amide bonds. The maximum Gasteiger partial charge on any atom is 0.319 e. The quantitative estimate of drug-likeness (QED) is 0.797. The first kappa shape index (κ1) is 13.9. The third-order valence-corrected chi connectivity index (χ3v) is 4.54. The summed E-state index contributed by atoms with van der Waals surface area (Å²) < 4.78 is 0. The van der Waals surface area contributed by atoms with Gasteiger partial charge in [0.05, 0.1) is 12.0 Å². The molecule has 0 unspecified atom stereocenters. The van der Waals surface area contributed by atoms with Crippen molar-refractivity contribution in [2.45, 2.75) is 50.5 Å². The van der Waals surface area contributed by atoms with Gasteiger partial charge in [0.1, 0.15) is 0 Å². The lowest BCUT2D eigenvalue weighted by Crippen LogP contribution is -2.55. The van der Waals surface area contributed by atoms with E-state index in [1.54, 1.807) is 0 Å². The number of carbonyl (C=O) groups is 2. The summed E-state index contributed by atoms with van der Waals surface area (Å²) in [7, 11) is 0. The SMILES string of the molecule is O=C(O)CC1(NC(=O)Nc2ccc3c(c2)CCC3)CCC1. The summed E-state index contributed by atoms with van der Waals surface area (Å²) in [4.78, 5) is 23.0. The Morgan fingerprint density at radius 3 is 2.57 bits per heavy atom. The van der Waals surface area contributed by atoms with E-state index >= 15 is 0 Å². The van der Waals surface area contributed by atoms with E-state index in [0.717, 1.165) is 37.8 Å². The molecule has 5 nitrogen and oxygen atoms in total. The Labute approximate surface area is 123 Å². The number of carboxylic acids is 1. The minimum Gasteiger partial charge on any atom is -0.481 e. The second kappa shape index (κ2) is 5.39. The highest BCUT2D eigenvalue weighted by atomic mass is 16.4. The Balaban J connectivity index is 1.62. The molecule has 2 aliphatic carbocycles. The normalized spacial score (nSPS) is 18.5. The number of hydrogen-bond donors (Lipinski definition) is 3. The lowest BCUT2D eigenvalue weighted by atomic mass is 9.74. The molecule has 1 saturated carbocycles. The molecule has 0 aliphatic heterocycles. The minimum atomic E-state index is -0.868. The van der Waals surface area contributed by atoms with E-state index in [9.17, 15) is 9.59 Å². The van der Waals surface area contributed by atoms with E-state index in [1.807, 2.05) is 12.1 Å². The number of nitrogens with one attached hydrogen (secondary N) is 2. The summed E-state index contributed by atoms with van der Waals surface area (Å²) in [5.74, 6) is -0.868. The van der Waals surface area contributed by atoms with Crippen molar-refractivity contribution in [3.05, 3.63) is 29.3 Å². The first-order valence-electron chi connectivity index (χ1n) is 7.49. The molecule has 0 heterocycles. The Hall–Kier alpha value is -2.04. The molecule has 3 N–H and O–H groups in total. The van der Waals surface area contributed by atoms with Crippen molar-refractivity contribution in [3.63, 3.8) is 0 Å². The molecule has 1 aromatic carbocycles. The average molecular weight is 288 g/mol. The van der Waals surface area contributed by atoms with Gasteiger partial charge in [-0.05, 0) is 61.8 Å². The molecule has 0 bridgehead atoms. The molecule has 0 radical (unpaired) electrons. The zero-order chi connectivity index (χ0) is 14.9. The van der Waals surface area contributed by atoms with Crippen molar-refractivity contribution >= 4 is 17.7 Å². The molecule has 1 fully saturated rings. The van der Waals surface area contributed by atoms with Gasteiger partial charge in [-0.3, -0.25) is 4.79 Å². The molecule has 2 aliphatic rings. The van der Waals surface area contributed by atoms with Gasteiger partial charge in [0.2, 0.25) is 0 Å². The molecule has 1 aromatic rings. The van der Waals surface area contributed by atoms with Crippen LogP contribution >= 0.6 is 0 Å². The van der Waals surface area contributed by atoms with E-state index in [1.165, 1.54) is 17.5 Å². The van der Waals surface area contributed by atoms with Gasteiger partial charge in [-0.1, -0.05) is 6.07 Å². The monoisotopic (exact) mass is 288 g/mol. The highest BCUT2D eigenvalue weighted by molar-refractivity contribution is 5.90. The predicted octanol–water partition coefficient (Wildman–Crippen LogP) is 2.69. The summed E-state index contributed by atoms with van der Waals surface area (Å²) in [5.41, 5.74) is 2.88. The molecule has 21 heavy (non-hydrogen) atoms. The minimum absolute atomic E-state index is 0.00932. The van der Waals surface area contributed by atoms with Gasteiger partial charge in [-0.2, -0.15) is 0 Å². The highest BCUT2D eigenvalue weighted by Crippen LogP contribution is 2.35. The zero-order valence-corrected chi connectivity index (χ0v) is 11.9. The van der Waals surface area contributed by atoms with E-state index < -0.39 is 11.5 Å². The van der Waals surface area contributed by atoms with Crippen LogP contribution in [-0.4, -0.2) is 22.6 Å². The summed E-state index contributed by atoms with van der Waals surface area (Å²) in [5, 5.41) is 14.6. The van der Waals surface area contributed by atoms with Crippen LogP contribution in [0.3, 0.4) is 0 Å². The molecule has 0 aromatic heterocycles. The first-order valence-corrected chi connectivity index (χ1v) is 7.49. The van der Waals surface area contributed by atoms with Gasteiger partial charge in [0.15, 0.2) is 0 Å². The van der Waals surface area contributed by atoms with Gasteiger partial charge in [-0.25, -0.2) is 4.79 Å². The standard InChI is InChI=1S/C16H20N2O3/c19-14(20)10-16(7-2-8-16)18-15(21)17-13-6-5-11-3-1-4-12(11)9-13/h5-6,9H,1-4,7-8,10H2,(H,19,20)(H2,17,18,21). The van der Waals surface area contributed by atoms with Crippen LogP contribution in [0.1, 0.15) is 43.2 Å². The van der Waals surface area contributed by atoms with Crippen LogP contribution < -0.4 is 10.6 Å². The summed E-state index contributed by atoms with van der Waals surface area (Å²) in [6, 6.07) is 5.68. The third kappa shape index (κ3) is 3.01. The Bertz CT molecular complexity index is 579. The smallest absolute Gasteiger partial charge is 0.319 e. The van der Waals surface area contributed by atoms with Crippen molar-refractivity contribution in [1.29, 1.82) is 0 Å². The largest absolute Gasteiger partial charge is 0.481 e.